The molecule has 0 bridgehead atoms. The van der Waals surface area contributed by atoms with Crippen LogP contribution in [0.1, 0.15) is 26.2 Å². The average molecular weight is 143 g/mol. The summed E-state index contributed by atoms with van der Waals surface area (Å²) in [6.07, 6.45) is 3.81. The van der Waals surface area contributed by atoms with E-state index < -0.39 is 0 Å². The summed E-state index contributed by atoms with van der Waals surface area (Å²) in [5.74, 6) is 0.744. The maximum atomic E-state index is 5.81. The van der Waals surface area contributed by atoms with E-state index in [2.05, 4.69) is 6.92 Å². The van der Waals surface area contributed by atoms with Crippen molar-refractivity contribution in [3.8, 4) is 0 Å². The average Bonchev–Trinajstić information content (AvgIpc) is 1.85. The SMILES string of the molecule is COC1CC(C)CC(N)C1. The Bertz CT molecular complexity index is 95.4. The molecule has 0 saturated heterocycles. The lowest BCUT2D eigenvalue weighted by Gasteiger charge is -2.30. The zero-order valence-corrected chi connectivity index (χ0v) is 6.84. The van der Waals surface area contributed by atoms with Crippen molar-refractivity contribution in [3.05, 3.63) is 0 Å². The largest absolute Gasteiger partial charge is 0.381 e. The van der Waals surface area contributed by atoms with Gasteiger partial charge in [-0.3, -0.25) is 0 Å². The van der Waals surface area contributed by atoms with E-state index >= 15 is 0 Å². The number of rotatable bonds is 1. The molecule has 2 heteroatoms. The first-order chi connectivity index (χ1) is 4.72. The van der Waals surface area contributed by atoms with Crippen LogP contribution in [0.5, 0.6) is 0 Å². The van der Waals surface area contributed by atoms with Crippen LogP contribution in [0.15, 0.2) is 0 Å². The fourth-order valence-corrected chi connectivity index (χ4v) is 1.78. The molecular weight excluding hydrogens is 126 g/mol. The van der Waals surface area contributed by atoms with Crippen molar-refractivity contribution >= 4 is 0 Å². The second kappa shape index (κ2) is 3.35. The molecule has 1 aliphatic rings. The summed E-state index contributed by atoms with van der Waals surface area (Å²) in [7, 11) is 1.77. The molecule has 60 valence electrons. The fourth-order valence-electron chi connectivity index (χ4n) is 1.78. The summed E-state index contributed by atoms with van der Waals surface area (Å²) >= 11 is 0. The van der Waals surface area contributed by atoms with E-state index in [1.54, 1.807) is 7.11 Å². The summed E-state index contributed by atoms with van der Waals surface area (Å²) in [4.78, 5) is 0. The van der Waals surface area contributed by atoms with Crippen molar-refractivity contribution in [2.75, 3.05) is 7.11 Å². The van der Waals surface area contributed by atoms with Crippen LogP contribution in [0.2, 0.25) is 0 Å². The van der Waals surface area contributed by atoms with Gasteiger partial charge < -0.3 is 10.5 Å². The molecule has 3 atom stereocenters. The summed E-state index contributed by atoms with van der Waals surface area (Å²) in [6, 6.07) is 0.369. The van der Waals surface area contributed by atoms with Crippen LogP contribution in [0.3, 0.4) is 0 Å². The van der Waals surface area contributed by atoms with E-state index in [0.717, 1.165) is 12.3 Å². The fraction of sp³-hybridized carbons (Fsp3) is 1.00. The molecule has 0 amide bonds. The van der Waals surface area contributed by atoms with Crippen molar-refractivity contribution in [3.63, 3.8) is 0 Å². The van der Waals surface area contributed by atoms with Crippen LogP contribution in [0.25, 0.3) is 0 Å². The molecule has 2 nitrogen and oxygen atoms in total. The minimum Gasteiger partial charge on any atom is -0.381 e. The lowest BCUT2D eigenvalue weighted by atomic mass is 9.85. The highest BCUT2D eigenvalue weighted by molar-refractivity contribution is 4.78. The predicted molar refractivity (Wildman–Crippen MR) is 41.8 cm³/mol. The van der Waals surface area contributed by atoms with Crippen molar-refractivity contribution in [2.45, 2.75) is 38.3 Å². The van der Waals surface area contributed by atoms with Gasteiger partial charge in [0.15, 0.2) is 0 Å². The highest BCUT2D eigenvalue weighted by Gasteiger charge is 2.23. The van der Waals surface area contributed by atoms with Gasteiger partial charge in [0.2, 0.25) is 0 Å². The van der Waals surface area contributed by atoms with E-state index in [1.165, 1.54) is 12.8 Å². The summed E-state index contributed by atoms with van der Waals surface area (Å²) < 4.78 is 5.25. The van der Waals surface area contributed by atoms with Gasteiger partial charge in [-0.25, -0.2) is 0 Å². The summed E-state index contributed by atoms with van der Waals surface area (Å²) in [5.41, 5.74) is 5.81. The minimum atomic E-state index is 0.369. The Morgan fingerprint density at radius 2 is 2.00 bits per heavy atom. The molecule has 3 unspecified atom stereocenters. The molecule has 0 spiro atoms. The topological polar surface area (TPSA) is 35.2 Å². The predicted octanol–water partition coefficient (Wildman–Crippen LogP) is 1.15. The maximum absolute atomic E-state index is 5.81. The highest BCUT2D eigenvalue weighted by Crippen LogP contribution is 2.24. The monoisotopic (exact) mass is 143 g/mol. The van der Waals surface area contributed by atoms with Crippen molar-refractivity contribution in [1.82, 2.24) is 0 Å². The van der Waals surface area contributed by atoms with Crippen LogP contribution in [-0.4, -0.2) is 19.3 Å². The second-order valence-electron chi connectivity index (χ2n) is 3.43. The highest BCUT2D eigenvalue weighted by atomic mass is 16.5. The molecule has 2 N–H and O–H groups in total. The van der Waals surface area contributed by atoms with E-state index in [0.29, 0.717) is 12.1 Å². The third-order valence-corrected chi connectivity index (χ3v) is 2.27. The van der Waals surface area contributed by atoms with E-state index in [9.17, 15) is 0 Å². The maximum Gasteiger partial charge on any atom is 0.0588 e. The van der Waals surface area contributed by atoms with Gasteiger partial charge in [0.25, 0.3) is 0 Å². The van der Waals surface area contributed by atoms with Gasteiger partial charge in [-0.1, -0.05) is 6.92 Å². The van der Waals surface area contributed by atoms with Crippen LogP contribution in [0.4, 0.5) is 0 Å². The van der Waals surface area contributed by atoms with Gasteiger partial charge in [0, 0.05) is 13.2 Å². The second-order valence-corrected chi connectivity index (χ2v) is 3.43. The molecule has 10 heavy (non-hydrogen) atoms. The number of hydrogen-bond acceptors (Lipinski definition) is 2. The Morgan fingerprint density at radius 3 is 2.50 bits per heavy atom. The molecule has 0 aromatic heterocycles. The summed E-state index contributed by atoms with van der Waals surface area (Å²) in [6.45, 7) is 2.24. The molecular formula is C8H17NO. The summed E-state index contributed by atoms with van der Waals surface area (Å²) in [5, 5.41) is 0. The van der Waals surface area contributed by atoms with Gasteiger partial charge in [-0.15, -0.1) is 0 Å². The minimum absolute atomic E-state index is 0.369. The van der Waals surface area contributed by atoms with Gasteiger partial charge in [0.1, 0.15) is 0 Å². The van der Waals surface area contributed by atoms with Crippen molar-refractivity contribution < 1.29 is 4.74 Å². The molecule has 0 aromatic carbocycles. The van der Waals surface area contributed by atoms with E-state index in [1.807, 2.05) is 0 Å². The van der Waals surface area contributed by atoms with Gasteiger partial charge in [0.05, 0.1) is 6.10 Å². The molecule has 1 saturated carbocycles. The third kappa shape index (κ3) is 1.96. The standard InChI is InChI=1S/C8H17NO/c1-6-3-7(9)5-8(4-6)10-2/h6-8H,3-5,9H2,1-2H3. The first-order valence-corrected chi connectivity index (χ1v) is 4.00. The van der Waals surface area contributed by atoms with E-state index in [-0.39, 0.29) is 0 Å². The van der Waals surface area contributed by atoms with Crippen molar-refractivity contribution in [2.24, 2.45) is 11.7 Å². The molecule has 1 rings (SSSR count). The molecule has 0 radical (unpaired) electrons. The number of nitrogens with two attached hydrogens (primary N) is 1. The van der Waals surface area contributed by atoms with Crippen LogP contribution in [0, 0.1) is 5.92 Å². The van der Waals surface area contributed by atoms with Crippen LogP contribution in [-0.2, 0) is 4.74 Å². The van der Waals surface area contributed by atoms with Gasteiger partial charge in [-0.2, -0.15) is 0 Å². The Labute approximate surface area is 62.7 Å². The molecule has 1 aliphatic carbocycles. The Hall–Kier alpha value is -0.0800. The Kier molecular flexibility index (Phi) is 2.69. The zero-order chi connectivity index (χ0) is 7.56. The van der Waals surface area contributed by atoms with Gasteiger partial charge >= 0.3 is 0 Å². The Morgan fingerprint density at radius 1 is 1.30 bits per heavy atom. The number of hydrogen-bond donors (Lipinski definition) is 1. The van der Waals surface area contributed by atoms with Crippen LogP contribution >= 0.6 is 0 Å². The lowest BCUT2D eigenvalue weighted by Crippen LogP contribution is -2.35. The molecule has 1 fully saturated rings. The first-order valence-electron chi connectivity index (χ1n) is 4.00. The van der Waals surface area contributed by atoms with E-state index in [4.69, 9.17) is 10.5 Å². The molecule has 0 aliphatic heterocycles. The smallest absolute Gasteiger partial charge is 0.0588 e. The van der Waals surface area contributed by atoms with Crippen LogP contribution < -0.4 is 5.73 Å². The zero-order valence-electron chi connectivity index (χ0n) is 6.84. The normalized spacial score (nSPS) is 41.7. The third-order valence-electron chi connectivity index (χ3n) is 2.27. The van der Waals surface area contributed by atoms with Crippen molar-refractivity contribution in [1.29, 1.82) is 0 Å². The first kappa shape index (κ1) is 8.02. The Balaban J connectivity index is 2.35. The molecule has 0 aromatic rings. The number of ether oxygens (including phenoxy) is 1. The molecule has 0 heterocycles. The number of methoxy groups -OCH3 is 1. The lowest BCUT2D eigenvalue weighted by molar-refractivity contribution is 0.0470. The quantitative estimate of drug-likeness (QED) is 0.597. The van der Waals surface area contributed by atoms with Gasteiger partial charge in [-0.05, 0) is 25.2 Å².